The molecular weight excluding hydrogens is 294 g/mol. The van der Waals surface area contributed by atoms with Crippen molar-refractivity contribution in [3.05, 3.63) is 45.9 Å². The summed E-state index contributed by atoms with van der Waals surface area (Å²) < 4.78 is 29.6. The van der Waals surface area contributed by atoms with Crippen LogP contribution in [0.5, 0.6) is 6.01 Å². The fourth-order valence-corrected chi connectivity index (χ4v) is 3.95. The molecule has 1 heterocycles. The van der Waals surface area contributed by atoms with Crippen LogP contribution in [0.25, 0.3) is 0 Å². The zero-order valence-electron chi connectivity index (χ0n) is 11.4. The summed E-state index contributed by atoms with van der Waals surface area (Å²) in [6, 6.07) is 7.53. The maximum absolute atomic E-state index is 12.0. The Morgan fingerprint density at radius 1 is 1.33 bits per heavy atom. The number of hydrogen-bond acceptors (Lipinski definition) is 5. The van der Waals surface area contributed by atoms with Crippen LogP contribution in [-0.2, 0) is 16.3 Å². The third-order valence-electron chi connectivity index (χ3n) is 3.60. The quantitative estimate of drug-likeness (QED) is 0.862. The van der Waals surface area contributed by atoms with Gasteiger partial charge in [0, 0.05) is 19.1 Å². The molecule has 1 aliphatic carbocycles. The summed E-state index contributed by atoms with van der Waals surface area (Å²) in [4.78, 5) is 13.4. The number of fused-ring (bicyclic) bond motifs is 1. The van der Waals surface area contributed by atoms with Crippen molar-refractivity contribution >= 4 is 9.84 Å². The minimum Gasteiger partial charge on any atom is -0.460 e. The van der Waals surface area contributed by atoms with Crippen LogP contribution in [0.15, 0.2) is 29.1 Å². The molecule has 1 aromatic carbocycles. The fraction of sp³-hybridized carbons (Fsp3) is 0.385. The number of H-pyrrole nitrogens is 2. The molecule has 1 aromatic heterocycles. The molecule has 3 rings (SSSR count). The van der Waals surface area contributed by atoms with E-state index < -0.39 is 20.8 Å². The lowest BCUT2D eigenvalue weighted by Gasteiger charge is -2.30. The van der Waals surface area contributed by atoms with E-state index in [1.807, 2.05) is 24.3 Å². The summed E-state index contributed by atoms with van der Waals surface area (Å²) in [6.07, 6.45) is 1.80. The zero-order chi connectivity index (χ0) is 15.0. The van der Waals surface area contributed by atoms with Crippen molar-refractivity contribution < 1.29 is 13.2 Å². The molecule has 0 fully saturated rings. The second-order valence-corrected chi connectivity index (χ2v) is 7.41. The lowest BCUT2D eigenvalue weighted by atomic mass is 9.89. The average Bonchev–Trinajstić information content (AvgIpc) is 2.82. The van der Waals surface area contributed by atoms with Crippen LogP contribution in [-0.4, -0.2) is 36.0 Å². The maximum atomic E-state index is 12.0. The molecule has 112 valence electrons. The number of ether oxygens (including phenoxy) is 1. The molecule has 1 unspecified atom stereocenters. The maximum Gasteiger partial charge on any atom is 0.343 e. The van der Waals surface area contributed by atoms with Crippen LogP contribution in [0.4, 0.5) is 0 Å². The Morgan fingerprint density at radius 2 is 2.10 bits per heavy atom. The third-order valence-corrected chi connectivity index (χ3v) is 5.08. The highest BCUT2D eigenvalue weighted by Gasteiger charge is 2.34. The largest absolute Gasteiger partial charge is 0.460 e. The number of nitrogens with zero attached hydrogens (tertiary/aromatic N) is 1. The van der Waals surface area contributed by atoms with Gasteiger partial charge >= 0.3 is 11.7 Å². The van der Waals surface area contributed by atoms with E-state index in [0.717, 1.165) is 11.1 Å². The number of benzene rings is 1. The van der Waals surface area contributed by atoms with Crippen LogP contribution >= 0.6 is 0 Å². The van der Waals surface area contributed by atoms with Gasteiger partial charge in [0.1, 0.15) is 6.10 Å². The molecule has 2 N–H and O–H groups in total. The van der Waals surface area contributed by atoms with Gasteiger partial charge in [0.05, 0.1) is 5.25 Å². The molecule has 1 aliphatic rings. The number of aromatic amines is 2. The summed E-state index contributed by atoms with van der Waals surface area (Å²) in [5.41, 5.74) is 1.32. The number of rotatable bonds is 3. The van der Waals surface area contributed by atoms with E-state index in [4.69, 9.17) is 4.74 Å². The molecule has 0 saturated heterocycles. The van der Waals surface area contributed by atoms with Gasteiger partial charge in [-0.2, -0.15) is 0 Å². The standard InChI is InChI=1S/C13H15N3O4S/c1-21(18,19)11-7-9(20-13-14-12(17)15-16-13)6-8-4-2-3-5-10(8)11/h2-5,9,11H,6-7H2,1H3,(H2,14,15,16,17)/t9-,11?/m1/s1. The van der Waals surface area contributed by atoms with Crippen LogP contribution in [0, 0.1) is 0 Å². The predicted octanol–water partition coefficient (Wildman–Crippen LogP) is 0.578. The number of nitrogens with one attached hydrogen (secondary N) is 2. The summed E-state index contributed by atoms with van der Waals surface area (Å²) in [5, 5.41) is 5.30. The Balaban J connectivity index is 1.92. The molecule has 0 radical (unpaired) electrons. The zero-order valence-corrected chi connectivity index (χ0v) is 12.2. The van der Waals surface area contributed by atoms with Crippen molar-refractivity contribution in [1.82, 2.24) is 15.2 Å². The first-order chi connectivity index (χ1) is 9.93. The minimum atomic E-state index is -3.24. The summed E-state index contributed by atoms with van der Waals surface area (Å²) in [5.74, 6) is 0. The highest BCUT2D eigenvalue weighted by atomic mass is 32.2. The Morgan fingerprint density at radius 3 is 2.76 bits per heavy atom. The van der Waals surface area contributed by atoms with Gasteiger partial charge in [-0.05, 0) is 11.1 Å². The Hall–Kier alpha value is -2.09. The monoisotopic (exact) mass is 309 g/mol. The molecule has 8 heteroatoms. The highest BCUT2D eigenvalue weighted by Crippen LogP contribution is 2.36. The lowest BCUT2D eigenvalue weighted by molar-refractivity contribution is 0.167. The van der Waals surface area contributed by atoms with Crippen LogP contribution in [0.3, 0.4) is 0 Å². The first-order valence-corrected chi connectivity index (χ1v) is 8.47. The molecule has 0 bridgehead atoms. The van der Waals surface area contributed by atoms with E-state index in [-0.39, 0.29) is 12.1 Å². The second-order valence-electron chi connectivity index (χ2n) is 5.18. The SMILES string of the molecule is CS(=O)(=O)C1C[C@H](Oc2n[nH]c(=O)[nH]2)Cc2ccccc21. The molecule has 2 atom stereocenters. The van der Waals surface area contributed by atoms with E-state index in [1.165, 1.54) is 6.26 Å². The number of sulfone groups is 1. The Kier molecular flexibility index (Phi) is 3.32. The van der Waals surface area contributed by atoms with Gasteiger partial charge in [-0.15, -0.1) is 5.10 Å². The smallest absolute Gasteiger partial charge is 0.343 e. The molecule has 0 amide bonds. The molecular formula is C13H15N3O4S. The van der Waals surface area contributed by atoms with Crippen LogP contribution < -0.4 is 10.4 Å². The van der Waals surface area contributed by atoms with E-state index in [9.17, 15) is 13.2 Å². The van der Waals surface area contributed by atoms with Crippen molar-refractivity contribution in [2.45, 2.75) is 24.2 Å². The summed E-state index contributed by atoms with van der Waals surface area (Å²) in [7, 11) is -3.24. The van der Waals surface area contributed by atoms with Gasteiger partial charge in [-0.25, -0.2) is 18.3 Å². The van der Waals surface area contributed by atoms with Crippen molar-refractivity contribution in [3.63, 3.8) is 0 Å². The number of hydrogen-bond donors (Lipinski definition) is 2. The third kappa shape index (κ3) is 2.85. The van der Waals surface area contributed by atoms with E-state index in [0.29, 0.717) is 12.8 Å². The predicted molar refractivity (Wildman–Crippen MR) is 76.0 cm³/mol. The normalized spacial score (nSPS) is 21.8. The Bertz CT molecular complexity index is 809. The van der Waals surface area contributed by atoms with Gasteiger partial charge in [0.15, 0.2) is 9.84 Å². The van der Waals surface area contributed by atoms with Crippen molar-refractivity contribution in [3.8, 4) is 6.01 Å². The second kappa shape index (κ2) is 5.03. The molecule has 0 saturated carbocycles. The minimum absolute atomic E-state index is 0.0802. The summed E-state index contributed by atoms with van der Waals surface area (Å²) in [6.45, 7) is 0. The molecule has 7 nitrogen and oxygen atoms in total. The topological polar surface area (TPSA) is 105 Å². The van der Waals surface area contributed by atoms with Gasteiger partial charge in [-0.1, -0.05) is 24.3 Å². The molecule has 0 spiro atoms. The first-order valence-electron chi connectivity index (χ1n) is 6.51. The van der Waals surface area contributed by atoms with Gasteiger partial charge in [0.2, 0.25) is 0 Å². The lowest BCUT2D eigenvalue weighted by Crippen LogP contribution is -2.31. The van der Waals surface area contributed by atoms with E-state index in [2.05, 4.69) is 15.2 Å². The van der Waals surface area contributed by atoms with Crippen LogP contribution in [0.1, 0.15) is 22.8 Å². The molecule has 21 heavy (non-hydrogen) atoms. The first kappa shape index (κ1) is 13.9. The van der Waals surface area contributed by atoms with E-state index in [1.54, 1.807) is 0 Å². The fourth-order valence-electron chi connectivity index (χ4n) is 2.69. The average molecular weight is 309 g/mol. The number of aromatic nitrogens is 3. The van der Waals surface area contributed by atoms with Gasteiger partial charge in [-0.3, -0.25) is 4.98 Å². The van der Waals surface area contributed by atoms with Crippen LogP contribution in [0.2, 0.25) is 0 Å². The van der Waals surface area contributed by atoms with Crippen molar-refractivity contribution in [2.75, 3.05) is 6.26 Å². The molecule has 2 aromatic rings. The van der Waals surface area contributed by atoms with Gasteiger partial charge in [0.25, 0.3) is 0 Å². The van der Waals surface area contributed by atoms with Gasteiger partial charge < -0.3 is 4.74 Å². The molecule has 0 aliphatic heterocycles. The van der Waals surface area contributed by atoms with E-state index >= 15 is 0 Å². The van der Waals surface area contributed by atoms with Crippen molar-refractivity contribution in [2.24, 2.45) is 0 Å². The highest BCUT2D eigenvalue weighted by molar-refractivity contribution is 7.90. The van der Waals surface area contributed by atoms with Crippen molar-refractivity contribution in [1.29, 1.82) is 0 Å². The summed E-state index contributed by atoms with van der Waals surface area (Å²) >= 11 is 0. The Labute approximate surface area is 121 Å².